The van der Waals surface area contributed by atoms with Gasteiger partial charge in [0.25, 0.3) is 0 Å². The number of thiocarbonyl (C=S) groups is 1. The Kier molecular flexibility index (Phi) is 9.94. The lowest BCUT2D eigenvalue weighted by Gasteiger charge is -2.24. The minimum Gasteiger partial charge on any atom is -0.395 e. The summed E-state index contributed by atoms with van der Waals surface area (Å²) in [6, 6.07) is 0. The van der Waals surface area contributed by atoms with Crippen LogP contribution in [0.5, 0.6) is 0 Å². The van der Waals surface area contributed by atoms with E-state index in [2.05, 4.69) is 24.1 Å². The van der Waals surface area contributed by atoms with Crippen molar-refractivity contribution in [2.45, 2.75) is 39.5 Å². The Morgan fingerprint density at radius 1 is 1.20 bits per heavy atom. The highest BCUT2D eigenvalue weighted by atomic mass is 32.1. The molecule has 0 amide bonds. The maximum atomic E-state index is 8.93. The third-order valence-corrected chi connectivity index (χ3v) is 2.65. The molecule has 0 rings (SSSR count). The molecule has 90 valence electrons. The van der Waals surface area contributed by atoms with Crippen molar-refractivity contribution < 1.29 is 5.11 Å². The van der Waals surface area contributed by atoms with Gasteiger partial charge in [-0.3, -0.25) is 0 Å². The second kappa shape index (κ2) is 10.2. The van der Waals surface area contributed by atoms with Crippen molar-refractivity contribution in [1.29, 1.82) is 0 Å². The van der Waals surface area contributed by atoms with Gasteiger partial charge in [-0.15, -0.1) is 0 Å². The van der Waals surface area contributed by atoms with Gasteiger partial charge in [0.2, 0.25) is 0 Å². The fourth-order valence-electron chi connectivity index (χ4n) is 1.27. The third kappa shape index (κ3) is 7.56. The summed E-state index contributed by atoms with van der Waals surface area (Å²) in [5.74, 6) is 0. The highest BCUT2D eigenvalue weighted by molar-refractivity contribution is 7.80. The highest BCUT2D eigenvalue weighted by Gasteiger charge is 2.06. The van der Waals surface area contributed by atoms with Gasteiger partial charge in [0.15, 0.2) is 5.11 Å². The lowest BCUT2D eigenvalue weighted by atomic mass is 10.3. The summed E-state index contributed by atoms with van der Waals surface area (Å²) in [4.78, 5) is 2.05. The summed E-state index contributed by atoms with van der Waals surface area (Å²) < 4.78 is 0. The number of nitrogens with zero attached hydrogens (tertiary/aromatic N) is 1. The van der Waals surface area contributed by atoms with Crippen molar-refractivity contribution in [2.75, 3.05) is 26.2 Å². The van der Waals surface area contributed by atoms with Crippen LogP contribution in [0.1, 0.15) is 39.5 Å². The molecule has 0 unspecified atom stereocenters. The SMILES string of the molecule is CCCCNC(=S)N(CCO)CCCC. The Labute approximate surface area is 98.9 Å². The van der Waals surface area contributed by atoms with Gasteiger partial charge in [0.1, 0.15) is 0 Å². The van der Waals surface area contributed by atoms with Crippen molar-refractivity contribution in [3.05, 3.63) is 0 Å². The second-order valence-corrected chi connectivity index (χ2v) is 4.04. The first-order valence-corrected chi connectivity index (χ1v) is 6.30. The maximum absolute atomic E-state index is 8.93. The van der Waals surface area contributed by atoms with E-state index in [1.54, 1.807) is 0 Å². The van der Waals surface area contributed by atoms with E-state index in [-0.39, 0.29) is 6.61 Å². The van der Waals surface area contributed by atoms with E-state index in [1.807, 2.05) is 0 Å². The van der Waals surface area contributed by atoms with Crippen LogP contribution in [0.25, 0.3) is 0 Å². The monoisotopic (exact) mass is 232 g/mol. The number of aliphatic hydroxyl groups is 1. The minimum absolute atomic E-state index is 0.166. The van der Waals surface area contributed by atoms with Gasteiger partial charge in [-0.05, 0) is 25.1 Å². The van der Waals surface area contributed by atoms with Crippen molar-refractivity contribution >= 4 is 17.3 Å². The highest BCUT2D eigenvalue weighted by Crippen LogP contribution is 1.96. The zero-order valence-electron chi connectivity index (χ0n) is 9.96. The molecule has 0 aromatic carbocycles. The standard InChI is InChI=1S/C11H24N2OS/c1-3-5-7-12-11(15)13(9-10-14)8-6-4-2/h14H,3-10H2,1-2H3,(H,12,15). The number of hydrogen-bond donors (Lipinski definition) is 2. The summed E-state index contributed by atoms with van der Waals surface area (Å²) in [6.45, 7) is 6.99. The molecule has 0 spiro atoms. The van der Waals surface area contributed by atoms with Crippen molar-refractivity contribution in [2.24, 2.45) is 0 Å². The average Bonchev–Trinajstić information content (AvgIpc) is 2.24. The van der Waals surface area contributed by atoms with Crippen molar-refractivity contribution in [3.8, 4) is 0 Å². The van der Waals surface area contributed by atoms with E-state index >= 15 is 0 Å². The fraction of sp³-hybridized carbons (Fsp3) is 0.909. The van der Waals surface area contributed by atoms with Gasteiger partial charge < -0.3 is 15.3 Å². The zero-order chi connectivity index (χ0) is 11.5. The molecule has 0 aliphatic rings. The molecule has 0 saturated heterocycles. The molecule has 0 aromatic rings. The van der Waals surface area contributed by atoms with E-state index in [4.69, 9.17) is 17.3 Å². The second-order valence-electron chi connectivity index (χ2n) is 3.65. The molecular weight excluding hydrogens is 208 g/mol. The molecule has 0 radical (unpaired) electrons. The molecule has 0 heterocycles. The summed E-state index contributed by atoms with van der Waals surface area (Å²) in [5, 5.41) is 12.9. The number of unbranched alkanes of at least 4 members (excludes halogenated alkanes) is 2. The van der Waals surface area contributed by atoms with Crippen LogP contribution in [-0.4, -0.2) is 41.4 Å². The van der Waals surface area contributed by atoms with Crippen LogP contribution < -0.4 is 5.32 Å². The largest absolute Gasteiger partial charge is 0.395 e. The first-order chi connectivity index (χ1) is 7.26. The molecule has 0 saturated carbocycles. The Balaban J connectivity index is 3.81. The van der Waals surface area contributed by atoms with Gasteiger partial charge in [-0.2, -0.15) is 0 Å². The predicted octanol–water partition coefficient (Wildman–Crippen LogP) is 1.76. The molecule has 3 nitrogen and oxygen atoms in total. The lowest BCUT2D eigenvalue weighted by Crippen LogP contribution is -2.42. The van der Waals surface area contributed by atoms with Crippen LogP contribution >= 0.6 is 12.2 Å². The number of aliphatic hydroxyl groups excluding tert-OH is 1. The number of hydrogen-bond acceptors (Lipinski definition) is 2. The summed E-state index contributed by atoms with van der Waals surface area (Å²) in [5.41, 5.74) is 0. The normalized spacial score (nSPS) is 10.1. The Morgan fingerprint density at radius 3 is 2.40 bits per heavy atom. The van der Waals surface area contributed by atoms with Gasteiger partial charge in [-0.25, -0.2) is 0 Å². The molecule has 4 heteroatoms. The van der Waals surface area contributed by atoms with Crippen molar-refractivity contribution in [3.63, 3.8) is 0 Å². The molecule has 0 atom stereocenters. The van der Waals surface area contributed by atoms with Crippen LogP contribution in [0, 0.1) is 0 Å². The molecule has 0 aliphatic carbocycles. The average molecular weight is 232 g/mol. The van der Waals surface area contributed by atoms with E-state index in [0.29, 0.717) is 6.54 Å². The Morgan fingerprint density at radius 2 is 1.87 bits per heavy atom. The van der Waals surface area contributed by atoms with Gasteiger partial charge in [-0.1, -0.05) is 26.7 Å². The summed E-state index contributed by atoms with van der Waals surface area (Å²) >= 11 is 5.27. The van der Waals surface area contributed by atoms with Gasteiger partial charge >= 0.3 is 0 Å². The molecule has 2 N–H and O–H groups in total. The van der Waals surface area contributed by atoms with Crippen LogP contribution in [0.3, 0.4) is 0 Å². The molecule has 0 fully saturated rings. The summed E-state index contributed by atoms with van der Waals surface area (Å²) in [7, 11) is 0. The zero-order valence-corrected chi connectivity index (χ0v) is 10.8. The van der Waals surface area contributed by atoms with E-state index in [0.717, 1.165) is 37.5 Å². The predicted molar refractivity (Wildman–Crippen MR) is 69.1 cm³/mol. The number of rotatable bonds is 8. The lowest BCUT2D eigenvalue weighted by molar-refractivity contribution is 0.247. The first kappa shape index (κ1) is 14.6. The molecule has 15 heavy (non-hydrogen) atoms. The molecule has 0 bridgehead atoms. The smallest absolute Gasteiger partial charge is 0.169 e. The number of nitrogens with one attached hydrogen (secondary N) is 1. The van der Waals surface area contributed by atoms with E-state index in [9.17, 15) is 0 Å². The topological polar surface area (TPSA) is 35.5 Å². The minimum atomic E-state index is 0.166. The Bertz CT molecular complexity index is 165. The van der Waals surface area contributed by atoms with Crippen LogP contribution in [0.15, 0.2) is 0 Å². The molecule has 0 aliphatic heterocycles. The molecule has 0 aromatic heterocycles. The quantitative estimate of drug-likeness (QED) is 0.494. The van der Waals surface area contributed by atoms with Crippen molar-refractivity contribution in [1.82, 2.24) is 10.2 Å². The third-order valence-electron chi connectivity index (χ3n) is 2.25. The van der Waals surface area contributed by atoms with Crippen LogP contribution in [0.2, 0.25) is 0 Å². The fourth-order valence-corrected chi connectivity index (χ4v) is 1.55. The maximum Gasteiger partial charge on any atom is 0.169 e. The van der Waals surface area contributed by atoms with E-state index < -0.39 is 0 Å². The van der Waals surface area contributed by atoms with E-state index in [1.165, 1.54) is 6.42 Å². The van der Waals surface area contributed by atoms with Crippen LogP contribution in [0.4, 0.5) is 0 Å². The van der Waals surface area contributed by atoms with Gasteiger partial charge in [0.05, 0.1) is 6.61 Å². The first-order valence-electron chi connectivity index (χ1n) is 5.89. The van der Waals surface area contributed by atoms with Gasteiger partial charge in [0, 0.05) is 19.6 Å². The Hall–Kier alpha value is -0.350. The molecular formula is C11H24N2OS. The summed E-state index contributed by atoms with van der Waals surface area (Å²) in [6.07, 6.45) is 4.58. The van der Waals surface area contributed by atoms with Crippen LogP contribution in [-0.2, 0) is 0 Å².